The SMILES string of the molecule is CC(=O)O[C@@H]1[C@@H](OC[C@H]2O[C@H](O)[C@@H](OCc3ccccc3)[C@@H](OCc3ccccc3)[C@@H]2OCc2ccccc2)O[C@H](COCc2ccccc2)[C@@H](OCc2ccccc2)[C@@H]1OCc1ccccc1. The van der Waals surface area contributed by atoms with Crippen LogP contribution in [0.25, 0.3) is 0 Å². The van der Waals surface area contributed by atoms with Crippen molar-refractivity contribution in [1.29, 1.82) is 0 Å². The Labute approximate surface area is 398 Å². The quantitative estimate of drug-likeness (QED) is 0.0619. The average molecular weight is 925 g/mol. The van der Waals surface area contributed by atoms with Gasteiger partial charge in [0, 0.05) is 6.92 Å². The number of ether oxygens (including phenoxy) is 10. The van der Waals surface area contributed by atoms with Gasteiger partial charge in [0.2, 0.25) is 0 Å². The molecule has 6 aromatic carbocycles. The summed E-state index contributed by atoms with van der Waals surface area (Å²) in [4.78, 5) is 13.1. The van der Waals surface area contributed by atoms with E-state index < -0.39 is 67.4 Å². The normalized spacial score (nSPS) is 24.9. The Balaban J connectivity index is 1.09. The Bertz CT molecular complexity index is 2330. The van der Waals surface area contributed by atoms with Crippen LogP contribution in [0.4, 0.5) is 0 Å². The molecule has 0 radical (unpaired) electrons. The first-order valence-corrected chi connectivity index (χ1v) is 23.1. The molecule has 6 aromatic rings. The van der Waals surface area contributed by atoms with Crippen LogP contribution in [0, 0.1) is 0 Å². The third-order valence-corrected chi connectivity index (χ3v) is 11.7. The van der Waals surface area contributed by atoms with Crippen molar-refractivity contribution in [2.24, 2.45) is 0 Å². The van der Waals surface area contributed by atoms with Crippen LogP contribution in [0.5, 0.6) is 0 Å². The molecule has 356 valence electrons. The minimum atomic E-state index is -1.45. The number of carbonyl (C=O) groups excluding carboxylic acids is 1. The van der Waals surface area contributed by atoms with Crippen LogP contribution in [0.3, 0.4) is 0 Å². The van der Waals surface area contributed by atoms with Gasteiger partial charge in [0.25, 0.3) is 0 Å². The van der Waals surface area contributed by atoms with Crippen molar-refractivity contribution in [2.75, 3.05) is 13.2 Å². The maximum atomic E-state index is 13.1. The summed E-state index contributed by atoms with van der Waals surface area (Å²) in [6.45, 7) is 2.54. The Morgan fingerprint density at radius 2 is 0.721 bits per heavy atom. The maximum Gasteiger partial charge on any atom is 0.303 e. The average Bonchev–Trinajstić information content (AvgIpc) is 3.38. The van der Waals surface area contributed by atoms with Gasteiger partial charge >= 0.3 is 5.97 Å². The van der Waals surface area contributed by atoms with Crippen LogP contribution >= 0.6 is 0 Å². The molecule has 10 atom stereocenters. The molecule has 0 saturated carbocycles. The molecule has 0 spiro atoms. The molecule has 2 fully saturated rings. The van der Waals surface area contributed by atoms with E-state index in [0.717, 1.165) is 33.4 Å². The van der Waals surface area contributed by atoms with E-state index in [1.54, 1.807) is 0 Å². The highest BCUT2D eigenvalue weighted by atomic mass is 16.7. The minimum absolute atomic E-state index is 0.0868. The van der Waals surface area contributed by atoms with Gasteiger partial charge in [0.05, 0.1) is 52.9 Å². The maximum absolute atomic E-state index is 13.1. The summed E-state index contributed by atoms with van der Waals surface area (Å²) in [5.41, 5.74) is 5.59. The zero-order valence-corrected chi connectivity index (χ0v) is 38.2. The lowest BCUT2D eigenvalue weighted by Gasteiger charge is -2.47. The van der Waals surface area contributed by atoms with Gasteiger partial charge in [-0.25, -0.2) is 0 Å². The van der Waals surface area contributed by atoms with E-state index in [2.05, 4.69) is 0 Å². The lowest BCUT2D eigenvalue weighted by Crippen LogP contribution is -2.64. The summed E-state index contributed by atoms with van der Waals surface area (Å²) in [5.74, 6) is -0.567. The molecular formula is C56H60O12. The van der Waals surface area contributed by atoms with E-state index in [-0.39, 0.29) is 46.2 Å². The van der Waals surface area contributed by atoms with Crippen LogP contribution in [-0.2, 0) is 91.8 Å². The summed E-state index contributed by atoms with van der Waals surface area (Å²) in [7, 11) is 0. The fourth-order valence-electron chi connectivity index (χ4n) is 8.34. The molecule has 1 N–H and O–H groups in total. The van der Waals surface area contributed by atoms with Gasteiger partial charge in [-0.1, -0.05) is 182 Å². The van der Waals surface area contributed by atoms with Gasteiger partial charge in [-0.2, -0.15) is 0 Å². The first kappa shape index (κ1) is 48.8. The fraction of sp³-hybridized carbons (Fsp3) is 0.339. The van der Waals surface area contributed by atoms with Crippen molar-refractivity contribution in [3.05, 3.63) is 215 Å². The second-order valence-electron chi connectivity index (χ2n) is 16.8. The molecule has 0 unspecified atom stereocenters. The summed E-state index contributed by atoms with van der Waals surface area (Å²) < 4.78 is 65.7. The van der Waals surface area contributed by atoms with Gasteiger partial charge < -0.3 is 52.5 Å². The molecule has 0 aromatic heterocycles. The summed E-state index contributed by atoms with van der Waals surface area (Å²) >= 11 is 0. The molecule has 2 aliphatic rings. The van der Waals surface area contributed by atoms with Gasteiger partial charge in [-0.3, -0.25) is 4.79 Å². The van der Waals surface area contributed by atoms with E-state index in [0.29, 0.717) is 6.61 Å². The van der Waals surface area contributed by atoms with E-state index in [4.69, 9.17) is 47.4 Å². The number of esters is 1. The fourth-order valence-corrected chi connectivity index (χ4v) is 8.34. The van der Waals surface area contributed by atoms with Crippen LogP contribution in [0.1, 0.15) is 40.3 Å². The highest BCUT2D eigenvalue weighted by molar-refractivity contribution is 5.66. The van der Waals surface area contributed by atoms with Crippen molar-refractivity contribution in [3.8, 4) is 0 Å². The first-order chi connectivity index (χ1) is 33.5. The standard InChI is InChI=1S/C56H60O12/c1-40(57)66-54-52(63-36-45-28-16-6-17-29-45)49(60-33-42-22-10-3-11-23-42)47(38-59-32-41-20-8-2-9-21-41)68-56(54)65-39-48-50(61-34-43-24-12-4-13-25-43)51(62-35-44-26-14-5-15-27-44)53(55(58)67-48)64-37-46-30-18-7-19-31-46/h2-31,47-56,58H,32-39H2,1H3/t47-,48-,49-,50-,51+,52+,53+,54+,55+,56+/m1/s1. The topological polar surface area (TPSA) is 130 Å². The van der Waals surface area contributed by atoms with Crippen LogP contribution < -0.4 is 0 Å². The van der Waals surface area contributed by atoms with Gasteiger partial charge in [0.15, 0.2) is 18.7 Å². The summed E-state index contributed by atoms with van der Waals surface area (Å²) in [6, 6.07) is 58.6. The lowest BCUT2D eigenvalue weighted by molar-refractivity contribution is -0.345. The molecule has 0 bridgehead atoms. The van der Waals surface area contributed by atoms with E-state index in [1.807, 2.05) is 182 Å². The number of aliphatic hydroxyl groups excluding tert-OH is 1. The number of benzene rings is 6. The van der Waals surface area contributed by atoms with Crippen LogP contribution in [0.15, 0.2) is 182 Å². The molecule has 2 saturated heterocycles. The zero-order valence-electron chi connectivity index (χ0n) is 38.2. The van der Waals surface area contributed by atoms with Gasteiger partial charge in [0.1, 0.15) is 42.7 Å². The number of carbonyl (C=O) groups is 1. The highest BCUT2D eigenvalue weighted by Gasteiger charge is 2.52. The Kier molecular flexibility index (Phi) is 18.4. The third-order valence-electron chi connectivity index (χ3n) is 11.7. The van der Waals surface area contributed by atoms with E-state index in [9.17, 15) is 9.90 Å². The number of aliphatic hydroxyl groups is 1. The number of rotatable bonds is 23. The molecule has 0 aliphatic carbocycles. The molecular weight excluding hydrogens is 865 g/mol. The highest BCUT2D eigenvalue weighted by Crippen LogP contribution is 2.34. The van der Waals surface area contributed by atoms with Crippen molar-refractivity contribution in [2.45, 2.75) is 108 Å². The largest absolute Gasteiger partial charge is 0.454 e. The monoisotopic (exact) mass is 924 g/mol. The lowest BCUT2D eigenvalue weighted by atomic mass is 9.97. The molecule has 12 nitrogen and oxygen atoms in total. The summed E-state index contributed by atoms with van der Waals surface area (Å²) in [6.07, 6.45) is -9.79. The third kappa shape index (κ3) is 14.2. The minimum Gasteiger partial charge on any atom is -0.454 e. The van der Waals surface area contributed by atoms with Crippen LogP contribution in [0.2, 0.25) is 0 Å². The Morgan fingerprint density at radius 3 is 1.10 bits per heavy atom. The molecule has 68 heavy (non-hydrogen) atoms. The van der Waals surface area contributed by atoms with Crippen molar-refractivity contribution in [3.63, 3.8) is 0 Å². The van der Waals surface area contributed by atoms with Crippen molar-refractivity contribution < 1.29 is 57.3 Å². The second-order valence-corrected chi connectivity index (χ2v) is 16.8. The van der Waals surface area contributed by atoms with Gasteiger partial charge in [-0.05, 0) is 33.4 Å². The predicted molar refractivity (Wildman–Crippen MR) is 252 cm³/mol. The molecule has 2 aliphatic heterocycles. The van der Waals surface area contributed by atoms with Crippen molar-refractivity contribution >= 4 is 5.97 Å². The first-order valence-electron chi connectivity index (χ1n) is 23.1. The molecule has 2 heterocycles. The smallest absolute Gasteiger partial charge is 0.303 e. The van der Waals surface area contributed by atoms with E-state index in [1.165, 1.54) is 6.92 Å². The second kappa shape index (κ2) is 25.7. The van der Waals surface area contributed by atoms with E-state index >= 15 is 0 Å². The van der Waals surface area contributed by atoms with Crippen molar-refractivity contribution in [1.82, 2.24) is 0 Å². The molecule has 12 heteroatoms. The Morgan fingerprint density at radius 1 is 0.397 bits per heavy atom. The predicted octanol–water partition coefficient (Wildman–Crippen LogP) is 8.52. The number of hydrogen-bond donors (Lipinski definition) is 1. The van der Waals surface area contributed by atoms with Gasteiger partial charge in [-0.15, -0.1) is 0 Å². The number of hydrogen-bond acceptors (Lipinski definition) is 12. The zero-order chi connectivity index (χ0) is 46.8. The Hall–Kier alpha value is -5.61. The summed E-state index contributed by atoms with van der Waals surface area (Å²) in [5, 5.41) is 11.8. The molecule has 0 amide bonds. The molecule has 8 rings (SSSR count). The van der Waals surface area contributed by atoms with Crippen LogP contribution in [-0.4, -0.2) is 85.7 Å².